The van der Waals surface area contributed by atoms with Crippen molar-refractivity contribution >= 4 is 29.9 Å². The Morgan fingerprint density at radius 3 is 2.84 bits per heavy atom. The van der Waals surface area contributed by atoms with Gasteiger partial charge in [0.1, 0.15) is 0 Å². The summed E-state index contributed by atoms with van der Waals surface area (Å²) in [6.45, 7) is 2.97. The standard InChI is InChI=1S/C18H29N5O.HI/c1-19-18(20-12-14-6-5-9-17(21-14)24-2)22-15-10-11-23(13-15)16-7-3-4-8-16;/h5-6,9,15-16H,3-4,7-8,10-13H2,1-2H3,(H2,19,20,22);1H. The third-order valence-corrected chi connectivity index (χ3v) is 5.05. The zero-order chi connectivity index (χ0) is 16.8. The number of pyridine rings is 1. The van der Waals surface area contributed by atoms with Crippen molar-refractivity contribution in [1.82, 2.24) is 20.5 Å². The summed E-state index contributed by atoms with van der Waals surface area (Å²) >= 11 is 0. The van der Waals surface area contributed by atoms with Crippen LogP contribution in [0.1, 0.15) is 37.8 Å². The molecule has 1 atom stereocenters. The highest BCUT2D eigenvalue weighted by Gasteiger charge is 2.30. The van der Waals surface area contributed by atoms with Crippen molar-refractivity contribution in [2.24, 2.45) is 4.99 Å². The van der Waals surface area contributed by atoms with E-state index in [9.17, 15) is 0 Å². The van der Waals surface area contributed by atoms with Crippen molar-refractivity contribution in [3.8, 4) is 5.88 Å². The predicted molar refractivity (Wildman–Crippen MR) is 112 cm³/mol. The van der Waals surface area contributed by atoms with Crippen molar-refractivity contribution in [2.45, 2.75) is 50.7 Å². The summed E-state index contributed by atoms with van der Waals surface area (Å²) in [5.74, 6) is 1.48. The van der Waals surface area contributed by atoms with Gasteiger partial charge in [0.05, 0.1) is 19.3 Å². The smallest absolute Gasteiger partial charge is 0.213 e. The van der Waals surface area contributed by atoms with E-state index in [2.05, 4.69) is 25.5 Å². The molecule has 0 bridgehead atoms. The fraction of sp³-hybridized carbons (Fsp3) is 0.667. The summed E-state index contributed by atoms with van der Waals surface area (Å²) in [7, 11) is 3.45. The molecule has 1 saturated heterocycles. The molecule has 140 valence electrons. The third-order valence-electron chi connectivity index (χ3n) is 5.05. The van der Waals surface area contributed by atoms with Crippen LogP contribution in [0.4, 0.5) is 0 Å². The van der Waals surface area contributed by atoms with Gasteiger partial charge in [-0.3, -0.25) is 9.89 Å². The number of nitrogens with zero attached hydrogens (tertiary/aromatic N) is 3. The van der Waals surface area contributed by atoms with Gasteiger partial charge in [-0.25, -0.2) is 4.98 Å². The second kappa shape index (κ2) is 10.2. The number of methoxy groups -OCH3 is 1. The van der Waals surface area contributed by atoms with Crippen LogP contribution in [0, 0.1) is 0 Å². The zero-order valence-electron chi connectivity index (χ0n) is 15.2. The lowest BCUT2D eigenvalue weighted by molar-refractivity contribution is 0.242. The molecule has 0 radical (unpaired) electrons. The summed E-state index contributed by atoms with van der Waals surface area (Å²) in [6, 6.07) is 7.09. The number of rotatable bonds is 5. The molecule has 1 aliphatic carbocycles. The van der Waals surface area contributed by atoms with Crippen molar-refractivity contribution in [1.29, 1.82) is 0 Å². The van der Waals surface area contributed by atoms with E-state index in [1.807, 2.05) is 25.2 Å². The summed E-state index contributed by atoms with van der Waals surface area (Å²) < 4.78 is 5.17. The molecule has 1 aromatic heterocycles. The maximum absolute atomic E-state index is 5.17. The van der Waals surface area contributed by atoms with Gasteiger partial charge in [-0.2, -0.15) is 0 Å². The molecular weight excluding hydrogens is 429 g/mol. The highest BCUT2D eigenvalue weighted by molar-refractivity contribution is 14.0. The van der Waals surface area contributed by atoms with Crippen LogP contribution in [0.5, 0.6) is 5.88 Å². The number of guanidine groups is 1. The zero-order valence-corrected chi connectivity index (χ0v) is 17.5. The largest absolute Gasteiger partial charge is 0.481 e. The average Bonchev–Trinajstić information content (AvgIpc) is 3.30. The van der Waals surface area contributed by atoms with Gasteiger partial charge in [0.25, 0.3) is 0 Å². The highest BCUT2D eigenvalue weighted by atomic mass is 127. The number of likely N-dealkylation sites (tertiary alicyclic amines) is 1. The van der Waals surface area contributed by atoms with Crippen molar-refractivity contribution in [3.63, 3.8) is 0 Å². The van der Waals surface area contributed by atoms with Gasteiger partial charge < -0.3 is 15.4 Å². The maximum Gasteiger partial charge on any atom is 0.213 e. The Labute approximate surface area is 167 Å². The quantitative estimate of drug-likeness (QED) is 0.403. The number of aromatic nitrogens is 1. The fourth-order valence-corrected chi connectivity index (χ4v) is 3.74. The van der Waals surface area contributed by atoms with Gasteiger partial charge in [0.2, 0.25) is 5.88 Å². The molecule has 3 rings (SSSR count). The van der Waals surface area contributed by atoms with Gasteiger partial charge in [-0.15, -0.1) is 24.0 Å². The topological polar surface area (TPSA) is 61.8 Å². The minimum Gasteiger partial charge on any atom is -0.481 e. The fourth-order valence-electron chi connectivity index (χ4n) is 3.74. The number of halogens is 1. The third kappa shape index (κ3) is 5.70. The lowest BCUT2D eigenvalue weighted by Crippen LogP contribution is -2.45. The molecule has 1 saturated carbocycles. The molecule has 1 aliphatic heterocycles. The molecule has 2 N–H and O–H groups in total. The highest BCUT2D eigenvalue weighted by Crippen LogP contribution is 2.26. The minimum atomic E-state index is 0. The Morgan fingerprint density at radius 1 is 1.32 bits per heavy atom. The van der Waals surface area contributed by atoms with E-state index in [4.69, 9.17) is 4.74 Å². The number of hydrogen-bond donors (Lipinski definition) is 2. The first-order valence-electron chi connectivity index (χ1n) is 8.99. The van der Waals surface area contributed by atoms with E-state index in [0.717, 1.165) is 24.2 Å². The van der Waals surface area contributed by atoms with Crippen LogP contribution < -0.4 is 15.4 Å². The molecule has 0 amide bonds. The summed E-state index contributed by atoms with van der Waals surface area (Å²) in [5, 5.41) is 6.91. The molecule has 2 fully saturated rings. The van der Waals surface area contributed by atoms with Crippen LogP contribution in [0.15, 0.2) is 23.2 Å². The van der Waals surface area contributed by atoms with Crippen LogP contribution in [-0.2, 0) is 6.54 Å². The molecule has 7 heteroatoms. The molecule has 1 unspecified atom stereocenters. The van der Waals surface area contributed by atoms with E-state index >= 15 is 0 Å². The second-order valence-corrected chi connectivity index (χ2v) is 6.66. The van der Waals surface area contributed by atoms with Crippen LogP contribution in [0.3, 0.4) is 0 Å². The van der Waals surface area contributed by atoms with Crippen molar-refractivity contribution in [2.75, 3.05) is 27.2 Å². The second-order valence-electron chi connectivity index (χ2n) is 6.66. The van der Waals surface area contributed by atoms with Gasteiger partial charge in [-0.05, 0) is 25.3 Å². The molecule has 6 nitrogen and oxygen atoms in total. The summed E-state index contributed by atoms with van der Waals surface area (Å²) in [5.41, 5.74) is 0.941. The van der Waals surface area contributed by atoms with Crippen LogP contribution >= 0.6 is 24.0 Å². The summed E-state index contributed by atoms with van der Waals surface area (Å²) in [4.78, 5) is 11.4. The van der Waals surface area contributed by atoms with Gasteiger partial charge >= 0.3 is 0 Å². The molecular formula is C18H30IN5O. The van der Waals surface area contributed by atoms with Crippen molar-refractivity contribution < 1.29 is 4.74 Å². The Hall–Kier alpha value is -1.09. The number of hydrogen-bond acceptors (Lipinski definition) is 4. The molecule has 2 aliphatic rings. The summed E-state index contributed by atoms with van der Waals surface area (Å²) in [6.07, 6.45) is 6.74. The van der Waals surface area contributed by atoms with E-state index in [1.54, 1.807) is 7.11 Å². The van der Waals surface area contributed by atoms with E-state index in [0.29, 0.717) is 18.5 Å². The van der Waals surface area contributed by atoms with E-state index in [-0.39, 0.29) is 24.0 Å². The number of nitrogens with one attached hydrogen (secondary N) is 2. The Balaban J connectivity index is 0.00000225. The van der Waals surface area contributed by atoms with Gasteiger partial charge in [0, 0.05) is 38.3 Å². The van der Waals surface area contributed by atoms with Crippen LogP contribution in [0.2, 0.25) is 0 Å². The van der Waals surface area contributed by atoms with Gasteiger partial charge in [0.15, 0.2) is 5.96 Å². The first kappa shape index (κ1) is 20.2. The van der Waals surface area contributed by atoms with E-state index in [1.165, 1.54) is 38.6 Å². The Bertz CT molecular complexity index is 562. The lowest BCUT2D eigenvalue weighted by atomic mass is 10.2. The molecule has 2 heterocycles. The van der Waals surface area contributed by atoms with Crippen LogP contribution in [0.25, 0.3) is 0 Å². The average molecular weight is 459 g/mol. The minimum absolute atomic E-state index is 0. The van der Waals surface area contributed by atoms with Crippen molar-refractivity contribution in [3.05, 3.63) is 23.9 Å². The van der Waals surface area contributed by atoms with Gasteiger partial charge in [-0.1, -0.05) is 18.9 Å². The number of aliphatic imine (C=N–C) groups is 1. The van der Waals surface area contributed by atoms with E-state index < -0.39 is 0 Å². The Morgan fingerprint density at radius 2 is 2.12 bits per heavy atom. The normalized spacial score (nSPS) is 21.8. The SMILES string of the molecule is CN=C(NCc1cccc(OC)n1)NC1CCN(C2CCCC2)C1.I. The lowest BCUT2D eigenvalue weighted by Gasteiger charge is -2.24. The number of ether oxygens (including phenoxy) is 1. The molecule has 0 aromatic carbocycles. The molecule has 25 heavy (non-hydrogen) atoms. The van der Waals surface area contributed by atoms with Crippen LogP contribution in [-0.4, -0.2) is 55.2 Å². The predicted octanol–water partition coefficient (Wildman–Crippen LogP) is 2.39. The monoisotopic (exact) mass is 459 g/mol. The maximum atomic E-state index is 5.17. The molecule has 1 aromatic rings. The first-order valence-corrected chi connectivity index (χ1v) is 8.99. The Kier molecular flexibility index (Phi) is 8.21. The first-order chi connectivity index (χ1) is 11.8. The molecule has 0 spiro atoms.